The molecule has 7 heteroatoms. The van der Waals surface area contributed by atoms with E-state index in [1.54, 1.807) is 44.4 Å². The summed E-state index contributed by atoms with van der Waals surface area (Å²) >= 11 is 6.69. The molecule has 1 unspecified atom stereocenters. The van der Waals surface area contributed by atoms with Crippen LogP contribution in [-0.4, -0.2) is 15.5 Å². The Kier molecular flexibility index (Phi) is 5.65. The molecule has 0 aromatic heterocycles. The Balaban J connectivity index is 2.22. The minimum absolute atomic E-state index is 0.232. The van der Waals surface area contributed by atoms with Crippen LogP contribution >= 0.6 is 31.9 Å². The Labute approximate surface area is 147 Å². The van der Waals surface area contributed by atoms with Crippen molar-refractivity contribution in [1.82, 2.24) is 4.72 Å². The van der Waals surface area contributed by atoms with Crippen LogP contribution in [0.5, 0.6) is 5.75 Å². The molecular formula is C15H15Br2NO3S. The van der Waals surface area contributed by atoms with Gasteiger partial charge >= 0.3 is 0 Å². The molecule has 4 nitrogen and oxygen atoms in total. The lowest BCUT2D eigenvalue weighted by Crippen LogP contribution is -2.26. The fourth-order valence-electron chi connectivity index (χ4n) is 1.93. The van der Waals surface area contributed by atoms with Crippen molar-refractivity contribution >= 4 is 41.9 Å². The third-order valence-electron chi connectivity index (χ3n) is 3.13. The van der Waals surface area contributed by atoms with Crippen LogP contribution in [0.15, 0.2) is 56.3 Å². The first kappa shape index (κ1) is 17.5. The highest BCUT2D eigenvalue weighted by Crippen LogP contribution is 2.28. The number of hydrogen-bond acceptors (Lipinski definition) is 3. The molecule has 1 atom stereocenters. The highest BCUT2D eigenvalue weighted by Gasteiger charge is 2.18. The van der Waals surface area contributed by atoms with Crippen molar-refractivity contribution in [2.75, 3.05) is 7.11 Å². The Bertz CT molecular complexity index is 761. The normalized spacial score (nSPS) is 12.9. The number of halogens is 2. The van der Waals surface area contributed by atoms with E-state index >= 15 is 0 Å². The van der Waals surface area contributed by atoms with Gasteiger partial charge in [0.05, 0.1) is 16.5 Å². The molecule has 0 aliphatic rings. The second-order valence-corrected chi connectivity index (χ2v) is 8.17. The summed E-state index contributed by atoms with van der Waals surface area (Å²) in [6, 6.07) is 11.6. The molecule has 0 saturated carbocycles. The van der Waals surface area contributed by atoms with E-state index in [0.29, 0.717) is 5.75 Å². The molecule has 118 valence electrons. The number of ether oxygens (including phenoxy) is 1. The second kappa shape index (κ2) is 7.12. The van der Waals surface area contributed by atoms with Crippen LogP contribution in [-0.2, 0) is 10.0 Å². The number of benzene rings is 2. The van der Waals surface area contributed by atoms with Crippen LogP contribution in [0.3, 0.4) is 0 Å². The predicted octanol–water partition coefficient (Wildman–Crippen LogP) is 4.26. The summed E-state index contributed by atoms with van der Waals surface area (Å²) in [5, 5.41) is 0. The van der Waals surface area contributed by atoms with E-state index in [4.69, 9.17) is 4.74 Å². The zero-order valence-corrected chi connectivity index (χ0v) is 16.0. The van der Waals surface area contributed by atoms with Gasteiger partial charge < -0.3 is 4.74 Å². The lowest BCUT2D eigenvalue weighted by atomic mass is 10.1. The van der Waals surface area contributed by atoms with Gasteiger partial charge in [0.25, 0.3) is 0 Å². The van der Waals surface area contributed by atoms with Gasteiger partial charge in [-0.05, 0) is 64.8 Å². The monoisotopic (exact) mass is 447 g/mol. The van der Waals surface area contributed by atoms with Crippen LogP contribution in [0.4, 0.5) is 0 Å². The average Bonchev–Trinajstić information content (AvgIpc) is 2.47. The summed E-state index contributed by atoms with van der Waals surface area (Å²) in [6.45, 7) is 1.80. The van der Waals surface area contributed by atoms with Gasteiger partial charge in [-0.25, -0.2) is 13.1 Å². The van der Waals surface area contributed by atoms with Crippen molar-refractivity contribution < 1.29 is 13.2 Å². The molecule has 0 aliphatic heterocycles. The summed E-state index contributed by atoms with van der Waals surface area (Å²) < 4.78 is 34.2. The zero-order chi connectivity index (χ0) is 16.3. The Morgan fingerprint density at radius 3 is 2.27 bits per heavy atom. The molecule has 0 saturated heterocycles. The minimum Gasteiger partial charge on any atom is -0.496 e. The highest BCUT2D eigenvalue weighted by atomic mass is 79.9. The van der Waals surface area contributed by atoms with Gasteiger partial charge in [0.2, 0.25) is 10.0 Å². The third kappa shape index (κ3) is 4.10. The third-order valence-corrected chi connectivity index (χ3v) is 5.84. The SMILES string of the molecule is COc1ccc(C(C)NS(=O)(=O)c2ccc(Br)cc2)cc1Br. The van der Waals surface area contributed by atoms with Crippen LogP contribution < -0.4 is 9.46 Å². The van der Waals surface area contributed by atoms with Crippen LogP contribution in [0, 0.1) is 0 Å². The molecule has 2 aromatic rings. The maximum Gasteiger partial charge on any atom is 0.241 e. The predicted molar refractivity (Wildman–Crippen MR) is 93.6 cm³/mol. The van der Waals surface area contributed by atoms with Crippen LogP contribution in [0.25, 0.3) is 0 Å². The molecule has 0 radical (unpaired) electrons. The highest BCUT2D eigenvalue weighted by molar-refractivity contribution is 9.10. The van der Waals surface area contributed by atoms with E-state index in [1.165, 1.54) is 0 Å². The number of sulfonamides is 1. The second-order valence-electron chi connectivity index (χ2n) is 4.69. The van der Waals surface area contributed by atoms with Crippen LogP contribution in [0.2, 0.25) is 0 Å². The number of nitrogens with one attached hydrogen (secondary N) is 1. The van der Waals surface area contributed by atoms with Crippen molar-refractivity contribution in [2.45, 2.75) is 17.9 Å². The maximum atomic E-state index is 12.4. The van der Waals surface area contributed by atoms with Gasteiger partial charge in [-0.2, -0.15) is 0 Å². The van der Waals surface area contributed by atoms with E-state index in [9.17, 15) is 8.42 Å². The van der Waals surface area contributed by atoms with E-state index in [-0.39, 0.29) is 10.9 Å². The molecule has 0 aliphatic carbocycles. The fraction of sp³-hybridized carbons (Fsp3) is 0.200. The first-order chi connectivity index (χ1) is 10.3. The largest absolute Gasteiger partial charge is 0.496 e. The molecule has 22 heavy (non-hydrogen) atoms. The van der Waals surface area contributed by atoms with Crippen LogP contribution in [0.1, 0.15) is 18.5 Å². The van der Waals surface area contributed by atoms with E-state index in [0.717, 1.165) is 14.5 Å². The summed E-state index contributed by atoms with van der Waals surface area (Å²) in [6.07, 6.45) is 0. The quantitative estimate of drug-likeness (QED) is 0.743. The summed E-state index contributed by atoms with van der Waals surface area (Å²) in [7, 11) is -1.99. The number of methoxy groups -OCH3 is 1. The number of rotatable bonds is 5. The smallest absolute Gasteiger partial charge is 0.241 e. The fourth-order valence-corrected chi connectivity index (χ4v) is 3.99. The molecule has 0 amide bonds. The summed E-state index contributed by atoms with van der Waals surface area (Å²) in [5.74, 6) is 0.701. The number of hydrogen-bond donors (Lipinski definition) is 1. The topological polar surface area (TPSA) is 55.4 Å². The molecule has 0 spiro atoms. The van der Waals surface area contributed by atoms with E-state index in [2.05, 4.69) is 36.6 Å². The van der Waals surface area contributed by atoms with Gasteiger partial charge in [-0.15, -0.1) is 0 Å². The zero-order valence-electron chi connectivity index (χ0n) is 12.0. The van der Waals surface area contributed by atoms with Gasteiger partial charge in [0, 0.05) is 10.5 Å². The standard InChI is InChI=1S/C15H15Br2NO3S/c1-10(11-3-8-15(21-2)14(17)9-11)18-22(19,20)13-6-4-12(16)5-7-13/h3-10,18H,1-2H3. The maximum absolute atomic E-state index is 12.4. The molecule has 0 heterocycles. The van der Waals surface area contributed by atoms with E-state index in [1.807, 2.05) is 12.1 Å². The molecule has 2 rings (SSSR count). The van der Waals surface area contributed by atoms with Crippen molar-refractivity contribution in [1.29, 1.82) is 0 Å². The molecule has 1 N–H and O–H groups in total. The first-order valence-electron chi connectivity index (χ1n) is 6.45. The van der Waals surface area contributed by atoms with Gasteiger partial charge in [0.15, 0.2) is 0 Å². The van der Waals surface area contributed by atoms with Crippen molar-refractivity contribution in [3.63, 3.8) is 0 Å². The Morgan fingerprint density at radius 1 is 1.09 bits per heavy atom. The van der Waals surface area contributed by atoms with Gasteiger partial charge in [-0.1, -0.05) is 22.0 Å². The molecule has 0 bridgehead atoms. The molecule has 2 aromatic carbocycles. The van der Waals surface area contributed by atoms with Crippen molar-refractivity contribution in [3.05, 3.63) is 57.0 Å². The van der Waals surface area contributed by atoms with Crippen molar-refractivity contribution in [2.24, 2.45) is 0 Å². The minimum atomic E-state index is -3.57. The van der Waals surface area contributed by atoms with Gasteiger partial charge in [0.1, 0.15) is 5.75 Å². The van der Waals surface area contributed by atoms with E-state index < -0.39 is 10.0 Å². The summed E-state index contributed by atoms with van der Waals surface area (Å²) in [5.41, 5.74) is 0.841. The van der Waals surface area contributed by atoms with Crippen molar-refractivity contribution in [3.8, 4) is 5.75 Å². The Hall–Kier alpha value is -0.890. The summed E-state index contributed by atoms with van der Waals surface area (Å²) in [4.78, 5) is 0.232. The lowest BCUT2D eigenvalue weighted by Gasteiger charge is -2.16. The Morgan fingerprint density at radius 2 is 1.73 bits per heavy atom. The average molecular weight is 449 g/mol. The molecular weight excluding hydrogens is 434 g/mol. The lowest BCUT2D eigenvalue weighted by molar-refractivity contribution is 0.412. The first-order valence-corrected chi connectivity index (χ1v) is 9.52. The molecule has 0 fully saturated rings. The van der Waals surface area contributed by atoms with Gasteiger partial charge in [-0.3, -0.25) is 0 Å².